The van der Waals surface area contributed by atoms with Crippen LogP contribution >= 0.6 is 23.2 Å². The Morgan fingerprint density at radius 3 is 2.28 bits per heavy atom. The molecule has 0 aliphatic heterocycles. The molecule has 94 valence electrons. The molecule has 0 spiro atoms. The van der Waals surface area contributed by atoms with Crippen LogP contribution in [-0.2, 0) is 15.6 Å². The normalized spacial score (nSPS) is 11.4. The molecule has 0 heterocycles. The van der Waals surface area contributed by atoms with E-state index in [4.69, 9.17) is 23.2 Å². The van der Waals surface area contributed by atoms with Gasteiger partial charge in [0.25, 0.3) is 0 Å². The molecule has 5 heteroatoms. The minimum atomic E-state index is -3.48. The summed E-state index contributed by atoms with van der Waals surface area (Å²) in [6.45, 7) is 0. The van der Waals surface area contributed by atoms with Crippen LogP contribution in [0.4, 0.5) is 0 Å². The van der Waals surface area contributed by atoms with Gasteiger partial charge in [0.1, 0.15) is 0 Å². The monoisotopic (exact) mass is 300 g/mol. The molecule has 0 amide bonds. The summed E-state index contributed by atoms with van der Waals surface area (Å²) in [4.78, 5) is 0.0699. The van der Waals surface area contributed by atoms with Gasteiger partial charge in [-0.15, -0.1) is 0 Å². The number of halogens is 2. The molecule has 0 bridgehead atoms. The van der Waals surface area contributed by atoms with Gasteiger partial charge in [0, 0.05) is 5.02 Å². The second-order valence-corrected chi connectivity index (χ2v) is 6.62. The number of hydrogen-bond donors (Lipinski definition) is 0. The molecule has 0 fully saturated rings. The molecule has 0 unspecified atom stereocenters. The van der Waals surface area contributed by atoms with E-state index < -0.39 is 9.84 Å². The molecule has 0 radical (unpaired) electrons. The highest BCUT2D eigenvalue weighted by Gasteiger charge is 2.19. The summed E-state index contributed by atoms with van der Waals surface area (Å²) in [6, 6.07) is 13.4. The van der Waals surface area contributed by atoms with Gasteiger partial charge in [0.05, 0.1) is 15.7 Å². The van der Waals surface area contributed by atoms with E-state index in [-0.39, 0.29) is 15.7 Å². The second kappa shape index (κ2) is 5.31. The van der Waals surface area contributed by atoms with E-state index in [0.29, 0.717) is 10.6 Å². The lowest BCUT2D eigenvalue weighted by Gasteiger charge is -2.07. The van der Waals surface area contributed by atoms with E-state index in [1.54, 1.807) is 30.3 Å². The largest absolute Gasteiger partial charge is 0.223 e. The summed E-state index contributed by atoms with van der Waals surface area (Å²) in [5.41, 5.74) is 0.716. The third-order valence-electron chi connectivity index (χ3n) is 2.43. The van der Waals surface area contributed by atoms with Gasteiger partial charge in [0.2, 0.25) is 0 Å². The molecule has 0 aromatic heterocycles. The smallest absolute Gasteiger partial charge is 0.184 e. The third-order valence-corrected chi connectivity index (χ3v) is 4.83. The molecule has 0 saturated heterocycles. The van der Waals surface area contributed by atoms with Gasteiger partial charge in [0.15, 0.2) is 9.84 Å². The highest BCUT2D eigenvalue weighted by molar-refractivity contribution is 7.90. The highest BCUT2D eigenvalue weighted by Crippen LogP contribution is 2.27. The van der Waals surface area contributed by atoms with Gasteiger partial charge < -0.3 is 0 Å². The van der Waals surface area contributed by atoms with Crippen molar-refractivity contribution in [3.8, 4) is 0 Å². The molecule has 2 nitrogen and oxygen atoms in total. The van der Waals surface area contributed by atoms with E-state index >= 15 is 0 Å². The van der Waals surface area contributed by atoms with Crippen LogP contribution in [0.5, 0.6) is 0 Å². The van der Waals surface area contributed by atoms with Crippen LogP contribution in [0, 0.1) is 0 Å². The van der Waals surface area contributed by atoms with Gasteiger partial charge in [-0.25, -0.2) is 8.42 Å². The van der Waals surface area contributed by atoms with Gasteiger partial charge in [-0.3, -0.25) is 0 Å². The van der Waals surface area contributed by atoms with Crippen molar-refractivity contribution in [2.24, 2.45) is 0 Å². The lowest BCUT2D eigenvalue weighted by atomic mass is 10.2. The van der Waals surface area contributed by atoms with E-state index in [1.165, 1.54) is 12.1 Å². The van der Waals surface area contributed by atoms with Crippen molar-refractivity contribution in [1.29, 1.82) is 0 Å². The fourth-order valence-electron chi connectivity index (χ4n) is 1.59. The molecule has 0 saturated carbocycles. The number of sulfone groups is 1. The summed E-state index contributed by atoms with van der Waals surface area (Å²) in [6.07, 6.45) is 0. The van der Waals surface area contributed by atoms with E-state index in [2.05, 4.69) is 0 Å². The quantitative estimate of drug-likeness (QED) is 0.859. The summed E-state index contributed by atoms with van der Waals surface area (Å²) in [5.74, 6) is -0.0894. The fraction of sp³-hybridized carbons (Fsp3) is 0.0769. The topological polar surface area (TPSA) is 34.1 Å². The Bertz CT molecular complexity index is 652. The zero-order valence-electron chi connectivity index (χ0n) is 9.31. The van der Waals surface area contributed by atoms with Crippen molar-refractivity contribution >= 4 is 33.0 Å². The maximum Gasteiger partial charge on any atom is 0.184 e. The first-order valence-corrected chi connectivity index (χ1v) is 7.61. The van der Waals surface area contributed by atoms with E-state index in [0.717, 1.165) is 0 Å². The first-order valence-electron chi connectivity index (χ1n) is 5.21. The van der Waals surface area contributed by atoms with E-state index in [9.17, 15) is 8.42 Å². The Morgan fingerprint density at radius 2 is 1.61 bits per heavy atom. The molecule has 18 heavy (non-hydrogen) atoms. The Morgan fingerprint density at radius 1 is 0.944 bits per heavy atom. The molecule has 2 aromatic carbocycles. The van der Waals surface area contributed by atoms with Crippen LogP contribution in [0.3, 0.4) is 0 Å². The second-order valence-electron chi connectivity index (χ2n) is 3.82. The lowest BCUT2D eigenvalue weighted by molar-refractivity contribution is 0.595. The minimum absolute atomic E-state index is 0.0699. The predicted molar refractivity (Wildman–Crippen MR) is 73.8 cm³/mol. The van der Waals surface area contributed by atoms with Gasteiger partial charge in [-0.2, -0.15) is 0 Å². The van der Waals surface area contributed by atoms with Crippen LogP contribution in [0.15, 0.2) is 53.4 Å². The van der Waals surface area contributed by atoms with Crippen molar-refractivity contribution in [3.05, 3.63) is 64.1 Å². The average molecular weight is 301 g/mol. The number of benzene rings is 2. The fourth-order valence-corrected chi connectivity index (χ4v) is 3.75. The van der Waals surface area contributed by atoms with Crippen molar-refractivity contribution in [1.82, 2.24) is 0 Å². The van der Waals surface area contributed by atoms with Crippen LogP contribution in [0.1, 0.15) is 5.56 Å². The summed E-state index contributed by atoms with van der Waals surface area (Å²) < 4.78 is 24.5. The van der Waals surface area contributed by atoms with Crippen molar-refractivity contribution in [3.63, 3.8) is 0 Å². The summed E-state index contributed by atoms with van der Waals surface area (Å²) >= 11 is 11.7. The Labute approximate surface area is 116 Å². The minimum Gasteiger partial charge on any atom is -0.223 e. The molecule has 0 aliphatic rings. The van der Waals surface area contributed by atoms with Gasteiger partial charge in [-0.1, -0.05) is 53.5 Å². The first kappa shape index (κ1) is 13.4. The van der Waals surface area contributed by atoms with Crippen molar-refractivity contribution in [2.45, 2.75) is 10.6 Å². The Balaban J connectivity index is 2.40. The highest BCUT2D eigenvalue weighted by atomic mass is 35.5. The molecule has 0 aliphatic carbocycles. The maximum absolute atomic E-state index is 12.2. The number of hydrogen-bond acceptors (Lipinski definition) is 2. The van der Waals surface area contributed by atoms with Crippen LogP contribution in [0.25, 0.3) is 0 Å². The maximum atomic E-state index is 12.2. The van der Waals surface area contributed by atoms with Crippen molar-refractivity contribution < 1.29 is 8.42 Å². The van der Waals surface area contributed by atoms with Crippen LogP contribution in [0.2, 0.25) is 10.0 Å². The number of rotatable bonds is 3. The molecule has 0 atom stereocenters. The SMILES string of the molecule is O=S(=O)(Cc1ccccc1)c1cc(Cl)ccc1Cl. The third kappa shape index (κ3) is 3.05. The predicted octanol–water partition coefficient (Wildman–Crippen LogP) is 3.97. The van der Waals surface area contributed by atoms with Gasteiger partial charge in [-0.05, 0) is 23.8 Å². The zero-order chi connectivity index (χ0) is 13.2. The first-order chi connectivity index (χ1) is 8.49. The molecular weight excluding hydrogens is 291 g/mol. The van der Waals surface area contributed by atoms with E-state index in [1.807, 2.05) is 6.07 Å². The molecule has 2 rings (SSSR count). The van der Waals surface area contributed by atoms with Crippen LogP contribution < -0.4 is 0 Å². The Hall–Kier alpha value is -1.03. The summed E-state index contributed by atoms with van der Waals surface area (Å²) in [7, 11) is -3.48. The molecule has 2 aromatic rings. The zero-order valence-corrected chi connectivity index (χ0v) is 11.6. The Kier molecular flexibility index (Phi) is 3.95. The lowest BCUT2D eigenvalue weighted by Crippen LogP contribution is -2.05. The van der Waals surface area contributed by atoms with Crippen LogP contribution in [-0.4, -0.2) is 8.42 Å². The standard InChI is InChI=1S/C13H10Cl2O2S/c14-11-6-7-12(15)13(8-11)18(16,17)9-10-4-2-1-3-5-10/h1-8H,9H2. The summed E-state index contributed by atoms with van der Waals surface area (Å²) in [5, 5.41) is 0.543. The van der Waals surface area contributed by atoms with Gasteiger partial charge >= 0.3 is 0 Å². The van der Waals surface area contributed by atoms with Crippen molar-refractivity contribution in [2.75, 3.05) is 0 Å². The average Bonchev–Trinajstić information content (AvgIpc) is 2.33. The molecule has 0 N–H and O–H groups in total. The molecular formula is C13H10Cl2O2S.